The van der Waals surface area contributed by atoms with E-state index >= 15 is 0 Å². The fourth-order valence-corrected chi connectivity index (χ4v) is 1.94. The smallest absolute Gasteiger partial charge is 0.323 e. The normalized spacial score (nSPS) is 10.2. The number of anilines is 3. The van der Waals surface area contributed by atoms with Gasteiger partial charge in [-0.3, -0.25) is 0 Å². The summed E-state index contributed by atoms with van der Waals surface area (Å²) in [6.07, 6.45) is 0. The van der Waals surface area contributed by atoms with Gasteiger partial charge in [-0.1, -0.05) is 18.2 Å². The number of aromatic nitrogens is 3. The molecule has 2 rings (SSSR count). The van der Waals surface area contributed by atoms with E-state index in [1.807, 2.05) is 49.1 Å². The minimum absolute atomic E-state index is 0.341. The van der Waals surface area contributed by atoms with E-state index in [-0.39, 0.29) is 0 Å². The van der Waals surface area contributed by atoms with Gasteiger partial charge in [-0.15, -0.1) is 0 Å². The first-order valence-corrected chi connectivity index (χ1v) is 7.23. The Morgan fingerprint density at radius 3 is 2.43 bits per heavy atom. The Bertz CT molecular complexity index is 537. The summed E-state index contributed by atoms with van der Waals surface area (Å²) < 4.78 is 5.44. The monoisotopic (exact) mass is 287 g/mol. The largest absolute Gasteiger partial charge is 0.464 e. The van der Waals surface area contributed by atoms with Gasteiger partial charge in [0.1, 0.15) is 0 Å². The molecule has 6 heteroatoms. The van der Waals surface area contributed by atoms with Crippen molar-refractivity contribution in [2.45, 2.75) is 20.8 Å². The minimum atomic E-state index is 0.341. The minimum Gasteiger partial charge on any atom is -0.464 e. The molecule has 2 aromatic rings. The molecule has 1 heterocycles. The molecule has 0 spiro atoms. The Hall–Kier alpha value is -2.37. The molecule has 1 aromatic heterocycles. The Morgan fingerprint density at radius 1 is 1.05 bits per heavy atom. The second-order valence-corrected chi connectivity index (χ2v) is 4.28. The number of benzene rings is 1. The molecule has 0 aliphatic carbocycles. The summed E-state index contributed by atoms with van der Waals surface area (Å²) in [5.74, 6) is 1.11. The summed E-state index contributed by atoms with van der Waals surface area (Å²) in [6, 6.07) is 10.4. The molecule has 6 nitrogen and oxygen atoms in total. The Balaban J connectivity index is 2.39. The van der Waals surface area contributed by atoms with E-state index in [0.717, 1.165) is 18.8 Å². The fourth-order valence-electron chi connectivity index (χ4n) is 1.94. The molecule has 0 amide bonds. The van der Waals surface area contributed by atoms with E-state index in [0.29, 0.717) is 24.5 Å². The van der Waals surface area contributed by atoms with Gasteiger partial charge < -0.3 is 15.0 Å². The van der Waals surface area contributed by atoms with Gasteiger partial charge in [0.05, 0.1) is 6.61 Å². The number of para-hydroxylation sites is 1. The van der Waals surface area contributed by atoms with Gasteiger partial charge in [0.25, 0.3) is 0 Å². The predicted octanol–water partition coefficient (Wildman–Crippen LogP) is 2.86. The summed E-state index contributed by atoms with van der Waals surface area (Å²) in [5, 5.41) is 3.11. The van der Waals surface area contributed by atoms with Crippen molar-refractivity contribution in [3.8, 4) is 6.01 Å². The fraction of sp³-hybridized carbons (Fsp3) is 0.400. The predicted molar refractivity (Wildman–Crippen MR) is 84.3 cm³/mol. The van der Waals surface area contributed by atoms with Crippen LogP contribution in [-0.2, 0) is 0 Å². The highest BCUT2D eigenvalue weighted by atomic mass is 16.5. The zero-order valence-corrected chi connectivity index (χ0v) is 12.7. The maximum absolute atomic E-state index is 5.44. The lowest BCUT2D eigenvalue weighted by atomic mass is 10.3. The number of hydrogen-bond donors (Lipinski definition) is 1. The van der Waals surface area contributed by atoms with Crippen LogP contribution in [0, 0.1) is 0 Å². The number of hydrogen-bond acceptors (Lipinski definition) is 6. The highest BCUT2D eigenvalue weighted by molar-refractivity contribution is 5.57. The van der Waals surface area contributed by atoms with Crippen molar-refractivity contribution in [3.05, 3.63) is 30.3 Å². The SMILES string of the molecule is CCNc1nc(OCC)nc(N(CC)c2ccccc2)n1. The van der Waals surface area contributed by atoms with Crippen molar-refractivity contribution in [2.75, 3.05) is 29.9 Å². The molecule has 0 unspecified atom stereocenters. The summed E-state index contributed by atoms with van der Waals surface area (Å²) >= 11 is 0. The molecule has 112 valence electrons. The van der Waals surface area contributed by atoms with Gasteiger partial charge in [-0.25, -0.2) is 0 Å². The second-order valence-electron chi connectivity index (χ2n) is 4.28. The maximum atomic E-state index is 5.44. The standard InChI is InChI=1S/C15H21N5O/c1-4-16-13-17-14(19-15(18-13)21-6-3)20(5-2)12-10-8-7-9-11-12/h7-11H,4-6H2,1-3H3,(H,16,17,18,19). The van der Waals surface area contributed by atoms with Gasteiger partial charge in [-0.2, -0.15) is 15.0 Å². The first-order chi connectivity index (χ1) is 10.3. The average molecular weight is 287 g/mol. The molecule has 0 bridgehead atoms. The molecule has 1 aromatic carbocycles. The van der Waals surface area contributed by atoms with E-state index in [4.69, 9.17) is 4.74 Å². The molecular formula is C15H21N5O. The Morgan fingerprint density at radius 2 is 1.81 bits per heavy atom. The lowest BCUT2D eigenvalue weighted by Crippen LogP contribution is -2.20. The third-order valence-corrected chi connectivity index (χ3v) is 2.84. The van der Waals surface area contributed by atoms with Crippen LogP contribution in [0.3, 0.4) is 0 Å². The van der Waals surface area contributed by atoms with E-state index in [9.17, 15) is 0 Å². The molecule has 1 N–H and O–H groups in total. The van der Waals surface area contributed by atoms with E-state index in [1.54, 1.807) is 0 Å². The van der Waals surface area contributed by atoms with E-state index in [2.05, 4.69) is 27.2 Å². The van der Waals surface area contributed by atoms with Crippen LogP contribution in [0.1, 0.15) is 20.8 Å². The van der Waals surface area contributed by atoms with E-state index in [1.165, 1.54) is 0 Å². The highest BCUT2D eigenvalue weighted by Gasteiger charge is 2.14. The van der Waals surface area contributed by atoms with Crippen LogP contribution in [0.15, 0.2) is 30.3 Å². The van der Waals surface area contributed by atoms with Crippen LogP contribution in [0.25, 0.3) is 0 Å². The van der Waals surface area contributed by atoms with Crippen molar-refractivity contribution < 1.29 is 4.74 Å². The van der Waals surface area contributed by atoms with Gasteiger partial charge in [0, 0.05) is 18.8 Å². The molecule has 0 radical (unpaired) electrons. The first kappa shape index (κ1) is 15.0. The quantitative estimate of drug-likeness (QED) is 0.845. The molecule has 0 aliphatic heterocycles. The van der Waals surface area contributed by atoms with Gasteiger partial charge >= 0.3 is 6.01 Å². The van der Waals surface area contributed by atoms with Crippen molar-refractivity contribution in [1.29, 1.82) is 0 Å². The molecular weight excluding hydrogens is 266 g/mol. The zero-order chi connectivity index (χ0) is 15.1. The van der Waals surface area contributed by atoms with E-state index < -0.39 is 0 Å². The van der Waals surface area contributed by atoms with Crippen molar-refractivity contribution in [1.82, 2.24) is 15.0 Å². The van der Waals surface area contributed by atoms with Crippen LogP contribution in [0.2, 0.25) is 0 Å². The van der Waals surface area contributed by atoms with Gasteiger partial charge in [0.15, 0.2) is 0 Å². The van der Waals surface area contributed by atoms with Crippen LogP contribution < -0.4 is 15.0 Å². The lowest BCUT2D eigenvalue weighted by molar-refractivity contribution is 0.312. The molecule has 21 heavy (non-hydrogen) atoms. The van der Waals surface area contributed by atoms with Gasteiger partial charge in [0.2, 0.25) is 11.9 Å². The maximum Gasteiger partial charge on any atom is 0.323 e. The Kier molecular flexibility index (Phi) is 5.31. The zero-order valence-electron chi connectivity index (χ0n) is 12.7. The number of nitrogens with one attached hydrogen (secondary N) is 1. The average Bonchev–Trinajstić information content (AvgIpc) is 2.50. The molecule has 0 saturated carbocycles. The third kappa shape index (κ3) is 3.81. The summed E-state index contributed by atoms with van der Waals surface area (Å²) in [7, 11) is 0. The van der Waals surface area contributed by atoms with Crippen LogP contribution in [0.5, 0.6) is 6.01 Å². The first-order valence-electron chi connectivity index (χ1n) is 7.23. The number of ether oxygens (including phenoxy) is 1. The van der Waals surface area contributed by atoms with Crippen molar-refractivity contribution in [3.63, 3.8) is 0 Å². The van der Waals surface area contributed by atoms with Crippen molar-refractivity contribution >= 4 is 17.6 Å². The highest BCUT2D eigenvalue weighted by Crippen LogP contribution is 2.23. The van der Waals surface area contributed by atoms with Gasteiger partial charge in [-0.05, 0) is 32.9 Å². The number of rotatable bonds is 7. The number of nitrogens with zero attached hydrogens (tertiary/aromatic N) is 4. The molecule has 0 aliphatic rings. The lowest BCUT2D eigenvalue weighted by Gasteiger charge is -2.21. The second kappa shape index (κ2) is 7.42. The van der Waals surface area contributed by atoms with Crippen LogP contribution in [0.4, 0.5) is 17.6 Å². The van der Waals surface area contributed by atoms with Crippen LogP contribution in [-0.4, -0.2) is 34.6 Å². The van der Waals surface area contributed by atoms with Crippen molar-refractivity contribution in [2.24, 2.45) is 0 Å². The molecule has 0 fully saturated rings. The van der Waals surface area contributed by atoms with Crippen LogP contribution >= 0.6 is 0 Å². The summed E-state index contributed by atoms with van der Waals surface area (Å²) in [6.45, 7) is 7.98. The summed E-state index contributed by atoms with van der Waals surface area (Å²) in [5.41, 5.74) is 1.04. The molecule has 0 atom stereocenters. The topological polar surface area (TPSA) is 63.2 Å². The third-order valence-electron chi connectivity index (χ3n) is 2.84. The Labute approximate surface area is 125 Å². The molecule has 0 saturated heterocycles. The summed E-state index contributed by atoms with van der Waals surface area (Å²) in [4.78, 5) is 15.1.